The van der Waals surface area contributed by atoms with E-state index >= 15 is 0 Å². The summed E-state index contributed by atoms with van der Waals surface area (Å²) in [4.78, 5) is 28.1. The highest BCUT2D eigenvalue weighted by Crippen LogP contribution is 2.24. The van der Waals surface area contributed by atoms with E-state index in [-0.39, 0.29) is 11.8 Å². The van der Waals surface area contributed by atoms with Crippen molar-refractivity contribution in [3.8, 4) is 11.6 Å². The van der Waals surface area contributed by atoms with Crippen LogP contribution in [0, 0.1) is 0 Å². The van der Waals surface area contributed by atoms with Crippen LogP contribution in [0.15, 0.2) is 88.2 Å². The lowest BCUT2D eigenvalue weighted by molar-refractivity contribution is 0.102. The van der Waals surface area contributed by atoms with Gasteiger partial charge in [-0.25, -0.2) is 9.78 Å². The fourth-order valence-corrected chi connectivity index (χ4v) is 2.59. The number of amides is 1. The number of para-hydroxylation sites is 1. The van der Waals surface area contributed by atoms with Gasteiger partial charge in [0, 0.05) is 23.3 Å². The Balaban J connectivity index is 1.60. The number of fused-ring (bicyclic) bond motifs is 1. The normalized spacial score (nSPS) is 10.5. The van der Waals surface area contributed by atoms with Gasteiger partial charge in [0.25, 0.3) is 5.91 Å². The van der Waals surface area contributed by atoms with Crippen LogP contribution in [0.2, 0.25) is 0 Å². The van der Waals surface area contributed by atoms with Gasteiger partial charge in [0.2, 0.25) is 5.88 Å². The second-order valence-corrected chi connectivity index (χ2v) is 5.73. The molecule has 4 rings (SSSR count). The molecular formula is C21H14N2O4. The predicted molar refractivity (Wildman–Crippen MR) is 101 cm³/mol. The Morgan fingerprint density at radius 1 is 0.963 bits per heavy atom. The zero-order valence-corrected chi connectivity index (χ0v) is 14.1. The number of aromatic nitrogens is 1. The van der Waals surface area contributed by atoms with Gasteiger partial charge in [-0.05, 0) is 48.5 Å². The highest BCUT2D eigenvalue weighted by atomic mass is 16.5. The van der Waals surface area contributed by atoms with E-state index in [4.69, 9.17) is 9.15 Å². The van der Waals surface area contributed by atoms with Gasteiger partial charge in [0.1, 0.15) is 16.9 Å². The maximum Gasteiger partial charge on any atom is 0.336 e. The molecule has 6 heteroatoms. The summed E-state index contributed by atoms with van der Waals surface area (Å²) in [7, 11) is 0. The highest BCUT2D eigenvalue weighted by Gasteiger charge is 2.15. The molecule has 0 unspecified atom stereocenters. The van der Waals surface area contributed by atoms with E-state index in [0.717, 1.165) is 0 Å². The van der Waals surface area contributed by atoms with Gasteiger partial charge in [-0.2, -0.15) is 0 Å². The quantitative estimate of drug-likeness (QED) is 0.552. The molecular weight excluding hydrogens is 344 g/mol. The maximum absolute atomic E-state index is 12.7. The summed E-state index contributed by atoms with van der Waals surface area (Å²) in [5.41, 5.74) is 0.907. The van der Waals surface area contributed by atoms with Gasteiger partial charge < -0.3 is 14.5 Å². The van der Waals surface area contributed by atoms with Crippen LogP contribution >= 0.6 is 0 Å². The first-order valence-electron chi connectivity index (χ1n) is 8.22. The molecule has 0 aliphatic rings. The van der Waals surface area contributed by atoms with Gasteiger partial charge in [-0.1, -0.05) is 18.2 Å². The molecule has 132 valence electrons. The number of hydrogen-bond acceptors (Lipinski definition) is 5. The minimum atomic E-state index is -0.419. The number of rotatable bonds is 4. The van der Waals surface area contributed by atoms with E-state index in [1.54, 1.807) is 54.7 Å². The molecule has 0 aliphatic heterocycles. The third-order valence-corrected chi connectivity index (χ3v) is 3.85. The zero-order valence-electron chi connectivity index (χ0n) is 14.1. The van der Waals surface area contributed by atoms with Crippen LogP contribution in [0.1, 0.15) is 10.4 Å². The van der Waals surface area contributed by atoms with Crippen LogP contribution in [-0.2, 0) is 0 Å². The van der Waals surface area contributed by atoms with Crippen LogP contribution in [0.5, 0.6) is 11.6 Å². The summed E-state index contributed by atoms with van der Waals surface area (Å²) in [6, 6.07) is 20.4. The monoisotopic (exact) mass is 358 g/mol. The zero-order chi connectivity index (χ0) is 18.6. The summed E-state index contributed by atoms with van der Waals surface area (Å²) in [6.07, 6.45) is 1.56. The molecule has 2 aromatic heterocycles. The molecule has 0 radical (unpaired) electrons. The molecule has 1 amide bonds. The minimum Gasteiger partial charge on any atom is -0.438 e. The molecule has 0 bridgehead atoms. The summed E-state index contributed by atoms with van der Waals surface area (Å²) >= 11 is 0. The van der Waals surface area contributed by atoms with Crippen LogP contribution in [0.4, 0.5) is 5.69 Å². The van der Waals surface area contributed by atoms with Gasteiger partial charge in [0.15, 0.2) is 0 Å². The average Bonchev–Trinajstić information content (AvgIpc) is 2.69. The lowest BCUT2D eigenvalue weighted by atomic mass is 10.2. The molecule has 1 N–H and O–H groups in total. The van der Waals surface area contributed by atoms with Gasteiger partial charge in [-0.3, -0.25) is 4.79 Å². The van der Waals surface area contributed by atoms with Crippen molar-refractivity contribution in [2.75, 3.05) is 5.32 Å². The summed E-state index contributed by atoms with van der Waals surface area (Å²) < 4.78 is 10.8. The highest BCUT2D eigenvalue weighted by molar-refractivity contribution is 6.06. The van der Waals surface area contributed by atoms with Crippen molar-refractivity contribution in [2.45, 2.75) is 0 Å². The molecule has 0 saturated heterocycles. The summed E-state index contributed by atoms with van der Waals surface area (Å²) in [5, 5.41) is 3.52. The SMILES string of the molecule is O=C(Nc1ccc2oc(=O)ccc2c1)c1cccnc1Oc1ccccc1. The number of carbonyl (C=O) groups is 1. The standard InChI is InChI=1S/C21H14N2O4/c24-19-11-8-14-13-15(9-10-18(14)27-19)23-20(25)17-7-4-12-22-21(17)26-16-5-2-1-3-6-16/h1-13H,(H,23,25). The van der Waals surface area contributed by atoms with Crippen molar-refractivity contribution in [3.05, 3.63) is 95.0 Å². The predicted octanol–water partition coefficient (Wildman–Crippen LogP) is 4.23. The molecule has 0 aliphatic carbocycles. The number of pyridine rings is 1. The van der Waals surface area contributed by atoms with Crippen LogP contribution in [0.3, 0.4) is 0 Å². The Morgan fingerprint density at radius 3 is 2.67 bits per heavy atom. The van der Waals surface area contributed by atoms with Crippen LogP contribution in [-0.4, -0.2) is 10.9 Å². The number of nitrogens with one attached hydrogen (secondary N) is 1. The minimum absolute atomic E-state index is 0.216. The second kappa shape index (κ2) is 7.13. The maximum atomic E-state index is 12.7. The lowest BCUT2D eigenvalue weighted by Gasteiger charge is -2.10. The van der Waals surface area contributed by atoms with Crippen molar-refractivity contribution < 1.29 is 13.9 Å². The largest absolute Gasteiger partial charge is 0.438 e. The molecule has 0 saturated carbocycles. The third kappa shape index (κ3) is 3.69. The molecule has 2 heterocycles. The lowest BCUT2D eigenvalue weighted by Crippen LogP contribution is -2.13. The van der Waals surface area contributed by atoms with Gasteiger partial charge >= 0.3 is 5.63 Å². The molecule has 2 aromatic carbocycles. The van der Waals surface area contributed by atoms with Gasteiger partial charge in [-0.15, -0.1) is 0 Å². The molecule has 27 heavy (non-hydrogen) atoms. The Bertz CT molecular complexity index is 1170. The smallest absolute Gasteiger partial charge is 0.336 e. The topological polar surface area (TPSA) is 81.4 Å². The van der Waals surface area contributed by atoms with Crippen LogP contribution < -0.4 is 15.7 Å². The number of anilines is 1. The molecule has 0 atom stereocenters. The molecule has 0 fully saturated rings. The van der Waals surface area contributed by atoms with Crippen molar-refractivity contribution in [1.82, 2.24) is 4.98 Å². The molecule has 6 nitrogen and oxygen atoms in total. The number of nitrogens with zero attached hydrogens (tertiary/aromatic N) is 1. The number of ether oxygens (including phenoxy) is 1. The second-order valence-electron chi connectivity index (χ2n) is 5.73. The first kappa shape index (κ1) is 16.5. The van der Waals surface area contributed by atoms with Crippen molar-refractivity contribution in [3.63, 3.8) is 0 Å². The van der Waals surface area contributed by atoms with E-state index in [1.807, 2.05) is 18.2 Å². The van der Waals surface area contributed by atoms with E-state index in [1.165, 1.54) is 6.07 Å². The van der Waals surface area contributed by atoms with E-state index in [0.29, 0.717) is 28.0 Å². The Labute approximate surface area is 154 Å². The Hall–Kier alpha value is -3.93. The summed E-state index contributed by atoms with van der Waals surface area (Å²) in [5.74, 6) is 0.449. The number of carbonyl (C=O) groups excluding carboxylic acids is 1. The van der Waals surface area contributed by atoms with E-state index in [9.17, 15) is 9.59 Å². The summed E-state index contributed by atoms with van der Waals surface area (Å²) in [6.45, 7) is 0. The van der Waals surface area contributed by atoms with Gasteiger partial charge in [0.05, 0.1) is 0 Å². The van der Waals surface area contributed by atoms with Crippen LogP contribution in [0.25, 0.3) is 11.0 Å². The molecule has 0 spiro atoms. The van der Waals surface area contributed by atoms with E-state index < -0.39 is 5.63 Å². The Kier molecular flexibility index (Phi) is 4.37. The van der Waals surface area contributed by atoms with E-state index in [2.05, 4.69) is 10.3 Å². The number of benzene rings is 2. The average molecular weight is 358 g/mol. The van der Waals surface area contributed by atoms with Crippen molar-refractivity contribution >= 4 is 22.6 Å². The first-order chi connectivity index (χ1) is 13.2. The fraction of sp³-hybridized carbons (Fsp3) is 0. The first-order valence-corrected chi connectivity index (χ1v) is 8.22. The van der Waals surface area contributed by atoms with Crippen molar-refractivity contribution in [2.24, 2.45) is 0 Å². The number of hydrogen-bond donors (Lipinski definition) is 1. The third-order valence-electron chi connectivity index (χ3n) is 3.85. The molecule has 4 aromatic rings. The Morgan fingerprint density at radius 2 is 1.81 bits per heavy atom. The van der Waals surface area contributed by atoms with Crippen molar-refractivity contribution in [1.29, 1.82) is 0 Å². The fourth-order valence-electron chi connectivity index (χ4n) is 2.59.